The Morgan fingerprint density at radius 2 is 1.32 bits per heavy atom. The Hall–Kier alpha value is -3.73. The van der Waals surface area contributed by atoms with Crippen LogP contribution in [0.4, 0.5) is 5.69 Å². The second-order valence-electron chi connectivity index (χ2n) is 6.48. The van der Waals surface area contributed by atoms with Crippen LogP contribution in [0.5, 0.6) is 0 Å². The summed E-state index contributed by atoms with van der Waals surface area (Å²) < 4.78 is 0. The summed E-state index contributed by atoms with van der Waals surface area (Å²) in [4.78, 5) is 39.2. The number of hydrogen-bond acceptors (Lipinski definition) is 3. The summed E-state index contributed by atoms with van der Waals surface area (Å²) in [6, 6.07) is 22.2. The fraction of sp³-hybridized carbons (Fsp3) is 0.0870. The summed E-state index contributed by atoms with van der Waals surface area (Å²) >= 11 is 0. The van der Waals surface area contributed by atoms with Gasteiger partial charge in [0.2, 0.25) is 0 Å². The van der Waals surface area contributed by atoms with E-state index in [-0.39, 0.29) is 17.3 Å². The fourth-order valence-corrected chi connectivity index (χ4v) is 2.81. The van der Waals surface area contributed by atoms with Crippen LogP contribution in [-0.4, -0.2) is 36.6 Å². The van der Waals surface area contributed by atoms with Gasteiger partial charge in [0.25, 0.3) is 11.8 Å². The van der Waals surface area contributed by atoms with Gasteiger partial charge in [-0.1, -0.05) is 54.6 Å². The van der Waals surface area contributed by atoms with Gasteiger partial charge in [0, 0.05) is 36.5 Å². The first-order chi connectivity index (χ1) is 13.5. The molecule has 5 nitrogen and oxygen atoms in total. The third kappa shape index (κ3) is 4.15. The molecule has 0 spiro atoms. The van der Waals surface area contributed by atoms with Gasteiger partial charge in [-0.25, -0.2) is 0 Å². The minimum absolute atomic E-state index is 0.157. The van der Waals surface area contributed by atoms with Gasteiger partial charge >= 0.3 is 0 Å². The number of rotatable bonds is 5. The number of anilines is 1. The molecule has 0 heterocycles. The van der Waals surface area contributed by atoms with Crippen molar-refractivity contribution in [3.8, 4) is 0 Å². The van der Waals surface area contributed by atoms with E-state index in [0.717, 1.165) is 0 Å². The summed E-state index contributed by atoms with van der Waals surface area (Å²) in [7, 11) is 3.33. The van der Waals surface area contributed by atoms with E-state index in [2.05, 4.69) is 5.32 Å². The van der Waals surface area contributed by atoms with Gasteiger partial charge in [0.1, 0.15) is 0 Å². The van der Waals surface area contributed by atoms with Crippen LogP contribution in [0.1, 0.15) is 36.6 Å². The van der Waals surface area contributed by atoms with E-state index in [1.165, 1.54) is 4.90 Å². The van der Waals surface area contributed by atoms with Gasteiger partial charge in [0.15, 0.2) is 5.78 Å². The van der Waals surface area contributed by atoms with E-state index in [0.29, 0.717) is 22.4 Å². The molecule has 0 aliphatic heterocycles. The van der Waals surface area contributed by atoms with Crippen molar-refractivity contribution in [3.63, 3.8) is 0 Å². The molecule has 0 aromatic heterocycles. The molecule has 0 saturated carbocycles. The molecule has 0 radical (unpaired) electrons. The quantitative estimate of drug-likeness (QED) is 0.692. The molecule has 0 aliphatic rings. The van der Waals surface area contributed by atoms with E-state index < -0.39 is 5.91 Å². The summed E-state index contributed by atoms with van der Waals surface area (Å²) in [6.07, 6.45) is 0. The second-order valence-corrected chi connectivity index (χ2v) is 6.48. The lowest BCUT2D eigenvalue weighted by molar-refractivity contribution is 0.0827. The maximum absolute atomic E-state index is 12.8. The molecule has 5 heteroatoms. The number of carbonyl (C=O) groups excluding carboxylic acids is 3. The molecule has 0 saturated heterocycles. The molecule has 28 heavy (non-hydrogen) atoms. The predicted octanol–water partition coefficient (Wildman–Crippen LogP) is 3.87. The van der Waals surface area contributed by atoms with E-state index >= 15 is 0 Å². The first-order valence-corrected chi connectivity index (χ1v) is 8.79. The van der Waals surface area contributed by atoms with Crippen molar-refractivity contribution in [2.24, 2.45) is 0 Å². The maximum Gasteiger partial charge on any atom is 0.256 e. The highest BCUT2D eigenvalue weighted by atomic mass is 16.2. The standard InChI is InChI=1S/C23H20N2O3/c1-25(2)23(28)17-11-8-12-18(15-17)24-22(27)20-14-7-6-13-19(20)21(26)16-9-4-3-5-10-16/h3-15H,1-2H3,(H,24,27). The van der Waals surface area contributed by atoms with Gasteiger partial charge in [-0.15, -0.1) is 0 Å². The molecule has 0 fully saturated rings. The molecule has 1 N–H and O–H groups in total. The number of nitrogens with one attached hydrogen (secondary N) is 1. The van der Waals surface area contributed by atoms with E-state index in [1.54, 1.807) is 86.9 Å². The Morgan fingerprint density at radius 3 is 2.00 bits per heavy atom. The minimum atomic E-state index is -0.408. The Morgan fingerprint density at radius 1 is 0.714 bits per heavy atom. The van der Waals surface area contributed by atoms with Crippen LogP contribution in [0.2, 0.25) is 0 Å². The highest BCUT2D eigenvalue weighted by Crippen LogP contribution is 2.18. The van der Waals surface area contributed by atoms with E-state index in [4.69, 9.17) is 0 Å². The Bertz CT molecular complexity index is 1030. The zero-order valence-electron chi connectivity index (χ0n) is 15.7. The average molecular weight is 372 g/mol. The number of amides is 2. The molecule has 3 rings (SSSR count). The third-order valence-corrected chi connectivity index (χ3v) is 4.23. The molecule has 0 bridgehead atoms. The number of nitrogens with zero attached hydrogens (tertiary/aromatic N) is 1. The molecule has 140 valence electrons. The number of hydrogen-bond donors (Lipinski definition) is 1. The van der Waals surface area contributed by atoms with Crippen LogP contribution >= 0.6 is 0 Å². The van der Waals surface area contributed by atoms with Crippen LogP contribution in [0.3, 0.4) is 0 Å². The molecule has 0 atom stereocenters. The van der Waals surface area contributed by atoms with Crippen LogP contribution in [-0.2, 0) is 0 Å². The Kier molecular flexibility index (Phi) is 5.65. The summed E-state index contributed by atoms with van der Waals surface area (Å²) in [6.45, 7) is 0. The predicted molar refractivity (Wildman–Crippen MR) is 109 cm³/mol. The average Bonchev–Trinajstić information content (AvgIpc) is 2.73. The van der Waals surface area contributed by atoms with Gasteiger partial charge < -0.3 is 10.2 Å². The van der Waals surface area contributed by atoms with Crippen molar-refractivity contribution in [2.75, 3.05) is 19.4 Å². The van der Waals surface area contributed by atoms with E-state index in [9.17, 15) is 14.4 Å². The van der Waals surface area contributed by atoms with Crippen molar-refractivity contribution >= 4 is 23.3 Å². The Balaban J connectivity index is 1.88. The van der Waals surface area contributed by atoms with E-state index in [1.807, 2.05) is 6.07 Å². The second kappa shape index (κ2) is 8.31. The molecule has 3 aromatic rings. The fourth-order valence-electron chi connectivity index (χ4n) is 2.81. The maximum atomic E-state index is 12.8. The van der Waals surface area contributed by atoms with Crippen LogP contribution in [0.25, 0.3) is 0 Å². The molecule has 2 amide bonds. The third-order valence-electron chi connectivity index (χ3n) is 4.23. The summed E-state index contributed by atoms with van der Waals surface area (Å²) in [5, 5.41) is 2.78. The summed E-state index contributed by atoms with van der Waals surface area (Å²) in [5.74, 6) is -0.784. The number of benzene rings is 3. The van der Waals surface area contributed by atoms with Crippen LogP contribution < -0.4 is 5.32 Å². The van der Waals surface area contributed by atoms with Gasteiger partial charge in [-0.2, -0.15) is 0 Å². The van der Waals surface area contributed by atoms with Gasteiger partial charge in [0.05, 0.1) is 5.56 Å². The lowest BCUT2D eigenvalue weighted by atomic mass is 9.98. The van der Waals surface area contributed by atoms with Crippen molar-refractivity contribution in [1.82, 2.24) is 4.90 Å². The Labute approximate surface area is 163 Å². The molecule has 3 aromatic carbocycles. The normalized spacial score (nSPS) is 10.2. The zero-order chi connectivity index (χ0) is 20.1. The molecular weight excluding hydrogens is 352 g/mol. The van der Waals surface area contributed by atoms with Gasteiger partial charge in [-0.05, 0) is 24.3 Å². The largest absolute Gasteiger partial charge is 0.345 e. The zero-order valence-corrected chi connectivity index (χ0v) is 15.7. The molecular formula is C23H20N2O3. The van der Waals surface area contributed by atoms with Gasteiger partial charge in [-0.3, -0.25) is 14.4 Å². The van der Waals surface area contributed by atoms with Crippen molar-refractivity contribution in [2.45, 2.75) is 0 Å². The smallest absolute Gasteiger partial charge is 0.256 e. The monoisotopic (exact) mass is 372 g/mol. The van der Waals surface area contributed by atoms with Crippen LogP contribution in [0, 0.1) is 0 Å². The molecule has 0 unspecified atom stereocenters. The number of ketones is 1. The lowest BCUT2D eigenvalue weighted by Crippen LogP contribution is -2.22. The SMILES string of the molecule is CN(C)C(=O)c1cccc(NC(=O)c2ccccc2C(=O)c2ccccc2)c1. The lowest BCUT2D eigenvalue weighted by Gasteiger charge is -2.13. The van der Waals surface area contributed by atoms with Crippen molar-refractivity contribution < 1.29 is 14.4 Å². The summed E-state index contributed by atoms with van der Waals surface area (Å²) in [5.41, 5.74) is 2.07. The first kappa shape index (κ1) is 19.0. The first-order valence-electron chi connectivity index (χ1n) is 8.79. The van der Waals surface area contributed by atoms with Crippen LogP contribution in [0.15, 0.2) is 78.9 Å². The van der Waals surface area contributed by atoms with Crippen molar-refractivity contribution in [3.05, 3.63) is 101 Å². The highest BCUT2D eigenvalue weighted by molar-refractivity contribution is 6.17. The molecule has 0 aliphatic carbocycles. The topological polar surface area (TPSA) is 66.5 Å². The van der Waals surface area contributed by atoms with Crippen molar-refractivity contribution in [1.29, 1.82) is 0 Å². The number of carbonyl (C=O) groups is 3. The highest BCUT2D eigenvalue weighted by Gasteiger charge is 2.18. The minimum Gasteiger partial charge on any atom is -0.345 e.